The first-order chi connectivity index (χ1) is 11.6. The predicted molar refractivity (Wildman–Crippen MR) is 90.9 cm³/mol. The number of hydrogen-bond acceptors (Lipinski definition) is 5. The van der Waals surface area contributed by atoms with Gasteiger partial charge in [0.05, 0.1) is 17.3 Å². The quantitative estimate of drug-likeness (QED) is 0.750. The van der Waals surface area contributed by atoms with E-state index in [0.29, 0.717) is 23.0 Å². The van der Waals surface area contributed by atoms with Crippen LogP contribution in [-0.2, 0) is 0 Å². The van der Waals surface area contributed by atoms with E-state index in [2.05, 4.69) is 26.7 Å². The molecule has 3 aromatic rings. The van der Waals surface area contributed by atoms with Gasteiger partial charge in [0, 0.05) is 17.4 Å². The number of aromatic nitrogens is 2. The van der Waals surface area contributed by atoms with Crippen molar-refractivity contribution in [3.63, 3.8) is 0 Å². The number of nitriles is 1. The van der Waals surface area contributed by atoms with Gasteiger partial charge in [-0.05, 0) is 43.3 Å². The third-order valence-corrected chi connectivity index (χ3v) is 3.26. The Morgan fingerprint density at radius 2 is 1.75 bits per heavy atom. The molecule has 0 radical (unpaired) electrons. The number of para-hydroxylation sites is 1. The van der Waals surface area contributed by atoms with E-state index < -0.39 is 0 Å². The molecule has 24 heavy (non-hydrogen) atoms. The summed E-state index contributed by atoms with van der Waals surface area (Å²) in [6.45, 7) is 1.83. The maximum atomic E-state index is 13.7. The lowest BCUT2D eigenvalue weighted by Gasteiger charge is -2.10. The molecule has 0 aliphatic rings. The van der Waals surface area contributed by atoms with Gasteiger partial charge >= 0.3 is 0 Å². The Bertz CT molecular complexity index is 900. The van der Waals surface area contributed by atoms with Crippen molar-refractivity contribution in [2.45, 2.75) is 6.92 Å². The van der Waals surface area contributed by atoms with Gasteiger partial charge in [0.15, 0.2) is 0 Å². The van der Waals surface area contributed by atoms with Crippen LogP contribution in [0.1, 0.15) is 11.3 Å². The molecule has 0 saturated heterocycles. The maximum absolute atomic E-state index is 13.7. The first kappa shape index (κ1) is 15.4. The Kier molecular flexibility index (Phi) is 4.34. The molecule has 1 heterocycles. The molecule has 0 bridgehead atoms. The molecule has 1 aromatic heterocycles. The summed E-state index contributed by atoms with van der Waals surface area (Å²) in [4.78, 5) is 8.66. The van der Waals surface area contributed by atoms with Crippen molar-refractivity contribution in [1.82, 2.24) is 9.97 Å². The summed E-state index contributed by atoms with van der Waals surface area (Å²) in [5, 5.41) is 14.8. The minimum Gasteiger partial charge on any atom is -0.338 e. The largest absolute Gasteiger partial charge is 0.338 e. The van der Waals surface area contributed by atoms with Crippen molar-refractivity contribution in [2.24, 2.45) is 0 Å². The molecule has 0 spiro atoms. The van der Waals surface area contributed by atoms with Gasteiger partial charge in [-0.25, -0.2) is 9.37 Å². The second-order valence-electron chi connectivity index (χ2n) is 5.14. The zero-order valence-electron chi connectivity index (χ0n) is 12.9. The highest BCUT2D eigenvalue weighted by Gasteiger charge is 2.06. The fourth-order valence-electron chi connectivity index (χ4n) is 2.15. The number of rotatable bonds is 4. The molecule has 0 saturated carbocycles. The van der Waals surface area contributed by atoms with Gasteiger partial charge in [0.25, 0.3) is 0 Å². The molecule has 2 N–H and O–H groups in total. The lowest BCUT2D eigenvalue weighted by Crippen LogP contribution is -2.03. The molecular formula is C18H14FN5. The molecule has 2 aromatic carbocycles. The molecular weight excluding hydrogens is 305 g/mol. The molecule has 3 rings (SSSR count). The van der Waals surface area contributed by atoms with E-state index in [-0.39, 0.29) is 5.82 Å². The Balaban J connectivity index is 1.83. The van der Waals surface area contributed by atoms with Crippen LogP contribution in [0.3, 0.4) is 0 Å². The van der Waals surface area contributed by atoms with E-state index >= 15 is 0 Å². The minimum atomic E-state index is -0.352. The lowest BCUT2D eigenvalue weighted by atomic mass is 10.2. The molecule has 0 atom stereocenters. The van der Waals surface area contributed by atoms with Crippen LogP contribution >= 0.6 is 0 Å². The zero-order valence-corrected chi connectivity index (χ0v) is 12.9. The van der Waals surface area contributed by atoms with Gasteiger partial charge in [-0.3, -0.25) is 0 Å². The topological polar surface area (TPSA) is 73.6 Å². The van der Waals surface area contributed by atoms with E-state index in [1.165, 1.54) is 6.07 Å². The highest BCUT2D eigenvalue weighted by molar-refractivity contribution is 5.60. The molecule has 5 nitrogen and oxygen atoms in total. The van der Waals surface area contributed by atoms with Crippen LogP contribution in [0, 0.1) is 24.1 Å². The van der Waals surface area contributed by atoms with E-state index in [1.54, 1.807) is 48.5 Å². The summed E-state index contributed by atoms with van der Waals surface area (Å²) in [7, 11) is 0. The van der Waals surface area contributed by atoms with Gasteiger partial charge in [-0.2, -0.15) is 10.2 Å². The average molecular weight is 319 g/mol. The molecule has 118 valence electrons. The highest BCUT2D eigenvalue weighted by Crippen LogP contribution is 2.21. The fraction of sp³-hybridized carbons (Fsp3) is 0.0556. The number of nitrogens with zero attached hydrogens (tertiary/aromatic N) is 3. The van der Waals surface area contributed by atoms with E-state index in [1.807, 2.05) is 6.92 Å². The monoisotopic (exact) mass is 319 g/mol. The first-order valence-electron chi connectivity index (χ1n) is 7.28. The maximum Gasteiger partial charge on any atom is 0.229 e. The molecule has 6 heteroatoms. The van der Waals surface area contributed by atoms with Crippen LogP contribution < -0.4 is 10.6 Å². The fourth-order valence-corrected chi connectivity index (χ4v) is 2.15. The van der Waals surface area contributed by atoms with Crippen LogP contribution in [0.15, 0.2) is 54.6 Å². The Morgan fingerprint density at radius 3 is 2.46 bits per heavy atom. The molecule has 0 fully saturated rings. The third kappa shape index (κ3) is 3.65. The van der Waals surface area contributed by atoms with Crippen LogP contribution in [0.25, 0.3) is 0 Å². The van der Waals surface area contributed by atoms with Gasteiger partial charge in [0.1, 0.15) is 11.6 Å². The number of hydrogen-bond donors (Lipinski definition) is 2. The minimum absolute atomic E-state index is 0.347. The second kappa shape index (κ2) is 6.75. The summed E-state index contributed by atoms with van der Waals surface area (Å²) in [5.74, 6) is 0.526. The van der Waals surface area contributed by atoms with Crippen molar-refractivity contribution in [2.75, 3.05) is 10.6 Å². The number of nitrogens with one attached hydrogen (secondary N) is 2. The van der Waals surface area contributed by atoms with Crippen molar-refractivity contribution in [3.05, 3.63) is 71.7 Å². The Hall–Kier alpha value is -3.46. The normalized spacial score (nSPS) is 10.0. The number of benzene rings is 2. The first-order valence-corrected chi connectivity index (χ1v) is 7.28. The zero-order chi connectivity index (χ0) is 16.9. The molecule has 0 aliphatic heterocycles. The SMILES string of the molecule is Cc1cc(Nc2ccccc2F)nc(Nc2ccc(C#N)cc2)n1. The Labute approximate surface area is 138 Å². The lowest BCUT2D eigenvalue weighted by molar-refractivity contribution is 0.632. The van der Waals surface area contributed by atoms with Gasteiger partial charge in [-0.15, -0.1) is 0 Å². The average Bonchev–Trinajstić information content (AvgIpc) is 2.57. The molecule has 0 amide bonds. The van der Waals surface area contributed by atoms with Gasteiger partial charge in [-0.1, -0.05) is 12.1 Å². The summed E-state index contributed by atoms with van der Waals surface area (Å²) in [5.41, 5.74) is 2.42. The summed E-state index contributed by atoms with van der Waals surface area (Å²) in [6.07, 6.45) is 0. The van der Waals surface area contributed by atoms with E-state index in [9.17, 15) is 4.39 Å². The Morgan fingerprint density at radius 1 is 1.00 bits per heavy atom. The summed E-state index contributed by atoms with van der Waals surface area (Å²) in [6, 6.07) is 17.1. The smallest absolute Gasteiger partial charge is 0.229 e. The van der Waals surface area contributed by atoms with Crippen LogP contribution in [0.5, 0.6) is 0 Å². The van der Waals surface area contributed by atoms with Crippen LogP contribution in [-0.4, -0.2) is 9.97 Å². The van der Waals surface area contributed by atoms with Crippen LogP contribution in [0.2, 0.25) is 0 Å². The summed E-state index contributed by atoms with van der Waals surface area (Å²) >= 11 is 0. The van der Waals surface area contributed by atoms with E-state index in [4.69, 9.17) is 5.26 Å². The van der Waals surface area contributed by atoms with Crippen molar-refractivity contribution >= 4 is 23.1 Å². The summed E-state index contributed by atoms with van der Waals surface area (Å²) < 4.78 is 13.7. The van der Waals surface area contributed by atoms with Crippen LogP contribution in [0.4, 0.5) is 27.5 Å². The van der Waals surface area contributed by atoms with Crippen molar-refractivity contribution in [3.8, 4) is 6.07 Å². The predicted octanol–water partition coefficient (Wildman–Crippen LogP) is 4.28. The second-order valence-corrected chi connectivity index (χ2v) is 5.14. The number of aryl methyl sites for hydroxylation is 1. The van der Waals surface area contributed by atoms with E-state index in [0.717, 1.165) is 11.4 Å². The van der Waals surface area contributed by atoms with Crippen molar-refractivity contribution < 1.29 is 4.39 Å². The van der Waals surface area contributed by atoms with Gasteiger partial charge < -0.3 is 10.6 Å². The highest BCUT2D eigenvalue weighted by atomic mass is 19.1. The third-order valence-electron chi connectivity index (χ3n) is 3.26. The van der Waals surface area contributed by atoms with Gasteiger partial charge in [0.2, 0.25) is 5.95 Å². The van der Waals surface area contributed by atoms with Crippen molar-refractivity contribution in [1.29, 1.82) is 5.26 Å². The standard InChI is InChI=1S/C18H14FN5/c1-12-10-17(23-16-5-3-2-4-15(16)19)24-18(21-12)22-14-8-6-13(11-20)7-9-14/h2-10H,1H3,(H2,21,22,23,24). The molecule has 0 aliphatic carbocycles. The number of halogens is 1. The molecule has 0 unspecified atom stereocenters. The number of anilines is 4.